The molecule has 2 nitrogen and oxygen atoms in total. The molecule has 0 radical (unpaired) electrons. The van der Waals surface area contributed by atoms with E-state index in [2.05, 4.69) is 10.9 Å². The molecule has 0 aliphatic rings. The van der Waals surface area contributed by atoms with Crippen molar-refractivity contribution in [2.45, 2.75) is 6.54 Å². The zero-order valence-corrected chi connectivity index (χ0v) is 11.5. The van der Waals surface area contributed by atoms with Crippen LogP contribution in [0, 0.1) is 15.2 Å². The lowest BCUT2D eigenvalue weighted by Crippen LogP contribution is -2.22. The number of halogens is 3. The molecular formula is C13H11F2IN2. The first-order valence-corrected chi connectivity index (χ1v) is 6.42. The van der Waals surface area contributed by atoms with E-state index in [0.29, 0.717) is 9.13 Å². The first-order chi connectivity index (χ1) is 8.68. The summed E-state index contributed by atoms with van der Waals surface area (Å²) in [6.45, 7) is 0.205. The second-order valence-corrected chi connectivity index (χ2v) is 4.83. The number of para-hydroxylation sites is 1. The van der Waals surface area contributed by atoms with Crippen molar-refractivity contribution in [2.75, 3.05) is 5.43 Å². The van der Waals surface area contributed by atoms with Crippen LogP contribution in [0.5, 0.6) is 0 Å². The first-order valence-electron chi connectivity index (χ1n) is 5.35. The van der Waals surface area contributed by atoms with Crippen molar-refractivity contribution in [1.82, 2.24) is 5.43 Å². The highest BCUT2D eigenvalue weighted by Crippen LogP contribution is 2.18. The van der Waals surface area contributed by atoms with Gasteiger partial charge in [-0.1, -0.05) is 18.2 Å². The summed E-state index contributed by atoms with van der Waals surface area (Å²) in [4.78, 5) is 0. The Morgan fingerprint density at radius 3 is 2.44 bits per heavy atom. The van der Waals surface area contributed by atoms with E-state index in [1.807, 2.05) is 52.9 Å². The fourth-order valence-electron chi connectivity index (χ4n) is 1.49. The summed E-state index contributed by atoms with van der Waals surface area (Å²) in [7, 11) is 0. The molecule has 0 saturated heterocycles. The summed E-state index contributed by atoms with van der Waals surface area (Å²) < 4.78 is 27.3. The Hall–Kier alpha value is -1.21. The highest BCUT2D eigenvalue weighted by molar-refractivity contribution is 14.1. The van der Waals surface area contributed by atoms with Gasteiger partial charge in [-0.15, -0.1) is 0 Å². The number of hydrazine groups is 1. The van der Waals surface area contributed by atoms with Crippen LogP contribution in [0.25, 0.3) is 0 Å². The zero-order chi connectivity index (χ0) is 13.0. The predicted molar refractivity (Wildman–Crippen MR) is 76.0 cm³/mol. The van der Waals surface area contributed by atoms with Gasteiger partial charge in [-0.2, -0.15) is 0 Å². The molecule has 0 saturated carbocycles. The zero-order valence-electron chi connectivity index (χ0n) is 9.38. The van der Waals surface area contributed by atoms with Crippen molar-refractivity contribution in [2.24, 2.45) is 0 Å². The molecule has 94 valence electrons. The molecule has 5 heteroatoms. The standard InChI is InChI=1S/C13H11F2IN2/c14-11-6-7-12(16)10(13(11)15)8-17-18-9-4-2-1-3-5-9/h1-7,17-18H,8H2. The van der Waals surface area contributed by atoms with Crippen LogP contribution in [-0.4, -0.2) is 0 Å². The van der Waals surface area contributed by atoms with Crippen molar-refractivity contribution in [3.63, 3.8) is 0 Å². The summed E-state index contributed by atoms with van der Waals surface area (Å²) in [5.41, 5.74) is 6.97. The monoisotopic (exact) mass is 360 g/mol. The molecule has 2 N–H and O–H groups in total. The normalized spacial score (nSPS) is 10.4. The Labute approximate surface area is 118 Å². The lowest BCUT2D eigenvalue weighted by atomic mass is 10.2. The minimum atomic E-state index is -0.827. The number of anilines is 1. The lowest BCUT2D eigenvalue weighted by Gasteiger charge is -2.10. The third-order valence-corrected chi connectivity index (χ3v) is 3.42. The highest BCUT2D eigenvalue weighted by Gasteiger charge is 2.11. The van der Waals surface area contributed by atoms with Crippen molar-refractivity contribution in [3.8, 4) is 0 Å². The maximum atomic E-state index is 13.5. The third-order valence-electron chi connectivity index (χ3n) is 2.41. The van der Waals surface area contributed by atoms with E-state index >= 15 is 0 Å². The summed E-state index contributed by atoms with van der Waals surface area (Å²) in [5.74, 6) is -1.63. The fraction of sp³-hybridized carbons (Fsp3) is 0.0769. The molecule has 0 atom stereocenters. The number of hydrogen-bond acceptors (Lipinski definition) is 2. The Kier molecular flexibility index (Phi) is 4.48. The maximum Gasteiger partial charge on any atom is 0.164 e. The largest absolute Gasteiger partial charge is 0.321 e. The molecule has 0 amide bonds. The first kappa shape index (κ1) is 13.2. The summed E-state index contributed by atoms with van der Waals surface area (Å²) in [6, 6.07) is 12.1. The van der Waals surface area contributed by atoms with Crippen LogP contribution in [0.15, 0.2) is 42.5 Å². The van der Waals surface area contributed by atoms with E-state index in [-0.39, 0.29) is 6.54 Å². The second kappa shape index (κ2) is 6.10. The summed E-state index contributed by atoms with van der Waals surface area (Å²) in [6.07, 6.45) is 0. The Morgan fingerprint density at radius 2 is 1.72 bits per heavy atom. The molecule has 0 bridgehead atoms. The van der Waals surface area contributed by atoms with Gasteiger partial charge in [0.05, 0.1) is 0 Å². The summed E-state index contributed by atoms with van der Waals surface area (Å²) >= 11 is 1.98. The van der Waals surface area contributed by atoms with Gasteiger partial charge in [0, 0.05) is 21.4 Å². The smallest absolute Gasteiger partial charge is 0.164 e. The molecule has 0 unspecified atom stereocenters. The summed E-state index contributed by atoms with van der Waals surface area (Å²) in [5, 5.41) is 0. The molecule has 2 rings (SSSR count). The highest BCUT2D eigenvalue weighted by atomic mass is 127. The van der Waals surface area contributed by atoms with Crippen LogP contribution in [0.4, 0.5) is 14.5 Å². The van der Waals surface area contributed by atoms with Gasteiger partial charge >= 0.3 is 0 Å². The molecule has 2 aromatic carbocycles. The molecule has 0 spiro atoms. The van der Waals surface area contributed by atoms with Crippen LogP contribution in [0.2, 0.25) is 0 Å². The molecule has 0 aliphatic carbocycles. The maximum absolute atomic E-state index is 13.5. The molecular weight excluding hydrogens is 349 g/mol. The van der Waals surface area contributed by atoms with E-state index in [1.165, 1.54) is 0 Å². The number of rotatable bonds is 4. The molecule has 0 fully saturated rings. The third kappa shape index (κ3) is 3.17. The molecule has 0 aliphatic heterocycles. The van der Waals surface area contributed by atoms with Crippen molar-refractivity contribution >= 4 is 28.3 Å². The van der Waals surface area contributed by atoms with Crippen molar-refractivity contribution in [1.29, 1.82) is 0 Å². The minimum absolute atomic E-state index is 0.205. The fourth-order valence-corrected chi connectivity index (χ4v) is 2.09. The van der Waals surface area contributed by atoms with Crippen LogP contribution >= 0.6 is 22.6 Å². The molecule has 2 aromatic rings. The predicted octanol–water partition coefficient (Wildman–Crippen LogP) is 3.69. The number of benzene rings is 2. The van der Waals surface area contributed by atoms with Gasteiger partial charge in [-0.25, -0.2) is 14.2 Å². The Morgan fingerprint density at radius 1 is 1.00 bits per heavy atom. The van der Waals surface area contributed by atoms with Crippen molar-refractivity contribution in [3.05, 3.63) is 63.2 Å². The van der Waals surface area contributed by atoms with Gasteiger partial charge in [0.1, 0.15) is 0 Å². The van der Waals surface area contributed by atoms with E-state index in [9.17, 15) is 8.78 Å². The van der Waals surface area contributed by atoms with Gasteiger partial charge in [0.15, 0.2) is 11.6 Å². The molecule has 0 heterocycles. The lowest BCUT2D eigenvalue weighted by molar-refractivity contribution is 0.494. The average molecular weight is 360 g/mol. The van der Waals surface area contributed by atoms with E-state index in [1.54, 1.807) is 6.07 Å². The van der Waals surface area contributed by atoms with Gasteiger partial charge in [-0.05, 0) is 46.9 Å². The van der Waals surface area contributed by atoms with Gasteiger partial charge in [0.2, 0.25) is 0 Å². The SMILES string of the molecule is Fc1ccc(I)c(CNNc2ccccc2)c1F. The van der Waals surface area contributed by atoms with Crippen LogP contribution in [0.3, 0.4) is 0 Å². The van der Waals surface area contributed by atoms with Crippen LogP contribution in [-0.2, 0) is 6.54 Å². The van der Waals surface area contributed by atoms with Gasteiger partial charge in [0.25, 0.3) is 0 Å². The quantitative estimate of drug-likeness (QED) is 0.494. The van der Waals surface area contributed by atoms with Crippen LogP contribution in [0.1, 0.15) is 5.56 Å². The average Bonchev–Trinajstić information content (AvgIpc) is 2.39. The Bertz CT molecular complexity index is 532. The Balaban J connectivity index is 2.01. The second-order valence-electron chi connectivity index (χ2n) is 3.67. The van der Waals surface area contributed by atoms with E-state index in [4.69, 9.17) is 0 Å². The van der Waals surface area contributed by atoms with Crippen molar-refractivity contribution < 1.29 is 8.78 Å². The van der Waals surface area contributed by atoms with E-state index in [0.717, 1.165) is 11.8 Å². The number of nitrogens with one attached hydrogen (secondary N) is 2. The van der Waals surface area contributed by atoms with Gasteiger partial charge < -0.3 is 5.43 Å². The number of hydrogen-bond donors (Lipinski definition) is 2. The van der Waals surface area contributed by atoms with Crippen LogP contribution < -0.4 is 10.9 Å². The van der Waals surface area contributed by atoms with E-state index < -0.39 is 11.6 Å². The molecule has 18 heavy (non-hydrogen) atoms. The van der Waals surface area contributed by atoms with Gasteiger partial charge in [-0.3, -0.25) is 0 Å². The minimum Gasteiger partial charge on any atom is -0.321 e. The topological polar surface area (TPSA) is 24.1 Å². The molecule has 0 aromatic heterocycles.